The van der Waals surface area contributed by atoms with Crippen LogP contribution >= 0.6 is 0 Å². The molecule has 2 rings (SSSR count). The molecule has 1 aliphatic rings. The molecule has 0 amide bonds. The van der Waals surface area contributed by atoms with Gasteiger partial charge >= 0.3 is 0 Å². The topological polar surface area (TPSA) is 50.7 Å². The van der Waals surface area contributed by atoms with E-state index in [4.69, 9.17) is 0 Å². The first-order chi connectivity index (χ1) is 6.90. The largest absolute Gasteiger partial charge is 0.320 e. The third-order valence-corrected chi connectivity index (χ3v) is 2.44. The van der Waals surface area contributed by atoms with Crippen LogP contribution in [0.25, 0.3) is 0 Å². The van der Waals surface area contributed by atoms with E-state index in [0.29, 0.717) is 5.92 Å². The molecule has 1 saturated carbocycles. The molecule has 14 heavy (non-hydrogen) atoms. The molecule has 1 heterocycles. The van der Waals surface area contributed by atoms with Gasteiger partial charge in [0.1, 0.15) is 0 Å². The summed E-state index contributed by atoms with van der Waals surface area (Å²) in [7, 11) is 1.96. The molecule has 4 nitrogen and oxygen atoms in total. The van der Waals surface area contributed by atoms with Gasteiger partial charge in [-0.2, -0.15) is 5.10 Å². The van der Waals surface area contributed by atoms with Gasteiger partial charge < -0.3 is 5.32 Å². The predicted octanol–water partition coefficient (Wildman–Crippen LogP) is 0.901. The standard InChI is InChI=1S/C10H16N4/c1-11-6-2-3-10-13-9(7-12-14-10)8-4-5-8/h7-8,11H,2-6H2,1H3. The average molecular weight is 192 g/mol. The zero-order valence-electron chi connectivity index (χ0n) is 8.53. The van der Waals surface area contributed by atoms with Crippen LogP contribution in [0.4, 0.5) is 0 Å². The fraction of sp³-hybridized carbons (Fsp3) is 0.700. The molecule has 0 aliphatic heterocycles. The minimum absolute atomic E-state index is 0.675. The maximum atomic E-state index is 4.51. The second-order valence-corrected chi connectivity index (χ2v) is 3.78. The normalized spacial score (nSPS) is 15.8. The highest BCUT2D eigenvalue weighted by atomic mass is 15.1. The van der Waals surface area contributed by atoms with Crippen molar-refractivity contribution < 1.29 is 0 Å². The molecule has 4 heteroatoms. The molecule has 0 aromatic carbocycles. The third-order valence-electron chi connectivity index (χ3n) is 2.44. The van der Waals surface area contributed by atoms with Crippen molar-refractivity contribution in [2.75, 3.05) is 13.6 Å². The van der Waals surface area contributed by atoms with E-state index in [-0.39, 0.29) is 0 Å². The Bertz CT molecular complexity index is 296. The number of nitrogens with zero attached hydrogens (tertiary/aromatic N) is 3. The minimum atomic E-state index is 0.675. The van der Waals surface area contributed by atoms with Crippen molar-refractivity contribution in [1.82, 2.24) is 20.5 Å². The fourth-order valence-electron chi connectivity index (χ4n) is 1.46. The van der Waals surface area contributed by atoms with Gasteiger partial charge in [0, 0.05) is 12.3 Å². The van der Waals surface area contributed by atoms with Crippen LogP contribution in [-0.2, 0) is 6.42 Å². The van der Waals surface area contributed by atoms with Gasteiger partial charge in [-0.25, -0.2) is 4.98 Å². The first kappa shape index (κ1) is 9.52. The Labute approximate surface area is 84.2 Å². The van der Waals surface area contributed by atoms with E-state index in [1.165, 1.54) is 12.8 Å². The first-order valence-corrected chi connectivity index (χ1v) is 5.23. The summed E-state index contributed by atoms with van der Waals surface area (Å²) in [6.07, 6.45) is 6.35. The Kier molecular flexibility index (Phi) is 3.03. The van der Waals surface area contributed by atoms with Crippen LogP contribution in [0, 0.1) is 0 Å². The highest BCUT2D eigenvalue weighted by Gasteiger charge is 2.25. The quantitative estimate of drug-likeness (QED) is 0.704. The van der Waals surface area contributed by atoms with Crippen LogP contribution in [0.1, 0.15) is 36.7 Å². The number of rotatable bonds is 5. The molecule has 1 aliphatic carbocycles. The highest BCUT2D eigenvalue weighted by molar-refractivity contribution is 5.10. The summed E-state index contributed by atoms with van der Waals surface area (Å²) in [6, 6.07) is 0. The van der Waals surface area contributed by atoms with Crippen molar-refractivity contribution in [3.63, 3.8) is 0 Å². The van der Waals surface area contributed by atoms with Gasteiger partial charge in [0.2, 0.25) is 0 Å². The number of hydrogen-bond acceptors (Lipinski definition) is 4. The van der Waals surface area contributed by atoms with Crippen LogP contribution in [0.3, 0.4) is 0 Å². The van der Waals surface area contributed by atoms with Crippen molar-refractivity contribution in [2.24, 2.45) is 0 Å². The number of hydrogen-bond donors (Lipinski definition) is 1. The average Bonchev–Trinajstić information content (AvgIpc) is 3.02. The lowest BCUT2D eigenvalue weighted by molar-refractivity contribution is 0.683. The van der Waals surface area contributed by atoms with E-state index >= 15 is 0 Å². The van der Waals surface area contributed by atoms with Gasteiger partial charge in [0.25, 0.3) is 0 Å². The lowest BCUT2D eigenvalue weighted by Crippen LogP contribution is -2.10. The molecule has 1 aromatic heterocycles. The van der Waals surface area contributed by atoms with Crippen molar-refractivity contribution in [1.29, 1.82) is 0 Å². The van der Waals surface area contributed by atoms with Gasteiger partial charge in [-0.3, -0.25) is 0 Å². The molecule has 0 saturated heterocycles. The Morgan fingerprint density at radius 3 is 3.07 bits per heavy atom. The molecule has 0 spiro atoms. The summed E-state index contributed by atoms with van der Waals surface area (Å²) >= 11 is 0. The molecule has 1 fully saturated rings. The van der Waals surface area contributed by atoms with Crippen LogP contribution in [0.2, 0.25) is 0 Å². The summed E-state index contributed by atoms with van der Waals surface area (Å²) in [6.45, 7) is 1.01. The van der Waals surface area contributed by atoms with Gasteiger partial charge in [-0.05, 0) is 32.9 Å². The fourth-order valence-corrected chi connectivity index (χ4v) is 1.46. The smallest absolute Gasteiger partial charge is 0.151 e. The molecule has 0 unspecified atom stereocenters. The molecular weight excluding hydrogens is 176 g/mol. The monoisotopic (exact) mass is 192 g/mol. The van der Waals surface area contributed by atoms with Crippen LogP contribution in [0.5, 0.6) is 0 Å². The zero-order chi connectivity index (χ0) is 9.80. The van der Waals surface area contributed by atoms with E-state index in [2.05, 4.69) is 20.5 Å². The summed E-state index contributed by atoms with van der Waals surface area (Å²) in [5, 5.41) is 11.1. The van der Waals surface area contributed by atoms with E-state index in [0.717, 1.165) is 30.9 Å². The Balaban J connectivity index is 1.92. The number of aromatic nitrogens is 3. The van der Waals surface area contributed by atoms with Crippen molar-refractivity contribution >= 4 is 0 Å². The zero-order valence-corrected chi connectivity index (χ0v) is 8.53. The summed E-state index contributed by atoms with van der Waals surface area (Å²) in [4.78, 5) is 4.51. The van der Waals surface area contributed by atoms with Gasteiger partial charge in [-0.15, -0.1) is 5.10 Å². The van der Waals surface area contributed by atoms with Gasteiger partial charge in [0.15, 0.2) is 5.82 Å². The highest BCUT2D eigenvalue weighted by Crippen LogP contribution is 2.38. The van der Waals surface area contributed by atoms with E-state index in [1.807, 2.05) is 7.05 Å². The maximum absolute atomic E-state index is 4.51. The molecule has 1 aromatic rings. The Morgan fingerprint density at radius 2 is 2.36 bits per heavy atom. The van der Waals surface area contributed by atoms with E-state index in [1.54, 1.807) is 6.20 Å². The van der Waals surface area contributed by atoms with Crippen LogP contribution in [-0.4, -0.2) is 28.8 Å². The minimum Gasteiger partial charge on any atom is -0.320 e. The Hall–Kier alpha value is -1.03. The second kappa shape index (κ2) is 4.46. The Morgan fingerprint density at radius 1 is 1.50 bits per heavy atom. The molecule has 0 bridgehead atoms. The molecule has 1 N–H and O–H groups in total. The van der Waals surface area contributed by atoms with Crippen molar-refractivity contribution in [3.8, 4) is 0 Å². The SMILES string of the molecule is CNCCCc1nncc(C2CC2)n1. The van der Waals surface area contributed by atoms with Gasteiger partial charge in [-0.1, -0.05) is 0 Å². The molecule has 76 valence electrons. The van der Waals surface area contributed by atoms with Crippen molar-refractivity contribution in [3.05, 3.63) is 17.7 Å². The molecule has 0 atom stereocenters. The summed E-state index contributed by atoms with van der Waals surface area (Å²) < 4.78 is 0. The summed E-state index contributed by atoms with van der Waals surface area (Å²) in [5.41, 5.74) is 1.14. The van der Waals surface area contributed by atoms with Gasteiger partial charge in [0.05, 0.1) is 11.9 Å². The second-order valence-electron chi connectivity index (χ2n) is 3.78. The molecular formula is C10H16N4. The first-order valence-electron chi connectivity index (χ1n) is 5.23. The van der Waals surface area contributed by atoms with E-state index < -0.39 is 0 Å². The number of aryl methyl sites for hydroxylation is 1. The summed E-state index contributed by atoms with van der Waals surface area (Å²) in [5.74, 6) is 1.57. The van der Waals surface area contributed by atoms with Crippen LogP contribution in [0.15, 0.2) is 6.20 Å². The predicted molar refractivity (Wildman–Crippen MR) is 54.0 cm³/mol. The maximum Gasteiger partial charge on any atom is 0.151 e. The number of nitrogens with one attached hydrogen (secondary N) is 1. The molecule has 0 radical (unpaired) electrons. The lowest BCUT2D eigenvalue weighted by atomic mass is 10.2. The van der Waals surface area contributed by atoms with Crippen LogP contribution < -0.4 is 5.32 Å². The third kappa shape index (κ3) is 2.48. The lowest BCUT2D eigenvalue weighted by Gasteiger charge is -2.00. The van der Waals surface area contributed by atoms with Crippen molar-refractivity contribution in [2.45, 2.75) is 31.6 Å². The van der Waals surface area contributed by atoms with E-state index in [9.17, 15) is 0 Å².